The van der Waals surface area contributed by atoms with Gasteiger partial charge in [-0.3, -0.25) is 10.1 Å². The van der Waals surface area contributed by atoms with Crippen molar-refractivity contribution in [3.05, 3.63) is 44.8 Å². The number of hydrogen-bond acceptors (Lipinski definition) is 8. The Kier molecular flexibility index (Phi) is 8.33. The van der Waals surface area contributed by atoms with E-state index in [9.17, 15) is 14.7 Å². The Labute approximate surface area is 200 Å². The quantitative estimate of drug-likeness (QED) is 0.226. The number of fused-ring (bicyclic) bond motifs is 1. The minimum absolute atomic E-state index is 0.0166. The van der Waals surface area contributed by atoms with Gasteiger partial charge in [-0.1, -0.05) is 15.9 Å². The maximum Gasteiger partial charge on any atom is 0.412 e. The normalized spacial score (nSPS) is 12.9. The second-order valence-corrected chi connectivity index (χ2v) is 8.52. The molecule has 2 N–H and O–H groups in total. The van der Waals surface area contributed by atoms with Gasteiger partial charge in [-0.25, -0.2) is 4.79 Å². The molecule has 0 bridgehead atoms. The van der Waals surface area contributed by atoms with Crippen molar-refractivity contribution in [2.45, 2.75) is 18.9 Å². The Balaban J connectivity index is 1.71. The lowest BCUT2D eigenvalue weighted by Crippen LogP contribution is -2.18. The number of anilines is 1. The predicted molar refractivity (Wildman–Crippen MR) is 123 cm³/mol. The highest BCUT2D eigenvalue weighted by molar-refractivity contribution is 9.11. The summed E-state index contributed by atoms with van der Waals surface area (Å²) >= 11 is 10.5. The summed E-state index contributed by atoms with van der Waals surface area (Å²) in [5.41, 5.74) is 0.873. The maximum absolute atomic E-state index is 12.6. The fourth-order valence-electron chi connectivity index (χ4n) is 2.86. The monoisotopic (exact) mass is 575 g/mol. The molecule has 0 aliphatic carbocycles. The molecule has 8 nitrogen and oxygen atoms in total. The van der Waals surface area contributed by atoms with Crippen LogP contribution in [0.25, 0.3) is 0 Å². The molecule has 0 aromatic heterocycles. The lowest BCUT2D eigenvalue weighted by molar-refractivity contribution is -0.140. The van der Waals surface area contributed by atoms with Gasteiger partial charge in [0, 0.05) is 21.8 Å². The zero-order chi connectivity index (χ0) is 22.4. The van der Waals surface area contributed by atoms with Crippen molar-refractivity contribution >= 4 is 62.2 Å². The van der Waals surface area contributed by atoms with E-state index in [1.54, 1.807) is 30.3 Å². The van der Waals surface area contributed by atoms with Gasteiger partial charge >= 0.3 is 12.1 Å². The van der Waals surface area contributed by atoms with Crippen molar-refractivity contribution < 1.29 is 33.6 Å². The van der Waals surface area contributed by atoms with Crippen LogP contribution in [0.2, 0.25) is 0 Å². The number of benzene rings is 2. The molecule has 1 heterocycles. The number of esters is 1. The van der Waals surface area contributed by atoms with Crippen LogP contribution in [0.15, 0.2) is 39.3 Å². The highest BCUT2D eigenvalue weighted by Crippen LogP contribution is 2.39. The average Bonchev–Trinajstić information content (AvgIpc) is 3.20. The van der Waals surface area contributed by atoms with Crippen LogP contribution in [0.3, 0.4) is 0 Å². The summed E-state index contributed by atoms with van der Waals surface area (Å²) < 4.78 is 22.3. The van der Waals surface area contributed by atoms with Gasteiger partial charge in [-0.2, -0.15) is 12.6 Å². The number of aromatic hydroxyl groups is 1. The van der Waals surface area contributed by atoms with E-state index in [4.69, 9.17) is 18.9 Å². The van der Waals surface area contributed by atoms with Crippen LogP contribution in [0, 0.1) is 0 Å². The Hall–Kier alpha value is -2.11. The molecule has 1 aliphatic rings. The van der Waals surface area contributed by atoms with E-state index >= 15 is 0 Å². The minimum atomic E-state index is -0.794. The number of rotatable bonds is 8. The standard InChI is InChI=1S/C20H19Br2NO7S/c21-11-6-13(19(25)14(22)7-11)15(2-1-5-27-18(24)9-31)30-20(26)23-12-3-4-16-17(8-12)29-10-28-16/h3-4,6-8,15,25,31H,1-2,5,9-10H2,(H,23,26)/t15-/m1/s1. The largest absolute Gasteiger partial charge is 0.506 e. The molecule has 1 amide bonds. The first kappa shape index (κ1) is 23.6. The highest BCUT2D eigenvalue weighted by Gasteiger charge is 2.23. The van der Waals surface area contributed by atoms with E-state index < -0.39 is 18.2 Å². The van der Waals surface area contributed by atoms with E-state index in [1.807, 2.05) is 0 Å². The average molecular weight is 577 g/mol. The number of ether oxygens (including phenoxy) is 4. The van der Waals surface area contributed by atoms with Crippen molar-refractivity contribution in [2.75, 3.05) is 24.5 Å². The zero-order valence-corrected chi connectivity index (χ0v) is 20.2. The highest BCUT2D eigenvalue weighted by atomic mass is 79.9. The summed E-state index contributed by atoms with van der Waals surface area (Å²) in [6.07, 6.45) is -0.792. The molecule has 3 rings (SSSR count). The first-order valence-electron chi connectivity index (χ1n) is 9.19. The molecule has 2 aromatic carbocycles. The number of phenolic OH excluding ortho intramolecular Hbond substituents is 1. The number of phenols is 1. The van der Waals surface area contributed by atoms with Gasteiger partial charge < -0.3 is 24.1 Å². The lowest BCUT2D eigenvalue weighted by atomic mass is 10.0. The molecule has 1 aliphatic heterocycles. The molecule has 0 spiro atoms. The van der Waals surface area contributed by atoms with Crippen molar-refractivity contribution in [2.24, 2.45) is 0 Å². The molecular formula is C20H19Br2NO7S. The molecular weight excluding hydrogens is 558 g/mol. The van der Waals surface area contributed by atoms with Crippen LogP contribution in [0.4, 0.5) is 10.5 Å². The summed E-state index contributed by atoms with van der Waals surface area (Å²) in [6, 6.07) is 8.31. The summed E-state index contributed by atoms with van der Waals surface area (Å²) in [5, 5.41) is 13.1. The van der Waals surface area contributed by atoms with Crippen LogP contribution in [0.5, 0.6) is 17.2 Å². The second kappa shape index (κ2) is 11.0. The van der Waals surface area contributed by atoms with Crippen LogP contribution in [0.1, 0.15) is 24.5 Å². The van der Waals surface area contributed by atoms with Gasteiger partial charge in [0.05, 0.1) is 16.8 Å². The number of hydrogen-bond donors (Lipinski definition) is 3. The summed E-state index contributed by atoms with van der Waals surface area (Å²) in [6.45, 7) is 0.263. The van der Waals surface area contributed by atoms with E-state index in [1.165, 1.54) is 0 Å². The molecule has 2 aromatic rings. The van der Waals surface area contributed by atoms with E-state index in [0.29, 0.717) is 44.5 Å². The topological polar surface area (TPSA) is 103 Å². The van der Waals surface area contributed by atoms with Crippen LogP contribution in [-0.4, -0.2) is 36.3 Å². The van der Waals surface area contributed by atoms with Crippen molar-refractivity contribution in [1.82, 2.24) is 0 Å². The molecule has 166 valence electrons. The maximum atomic E-state index is 12.6. The number of carbonyl (C=O) groups excluding carboxylic acids is 2. The second-order valence-electron chi connectivity index (χ2n) is 6.43. The minimum Gasteiger partial charge on any atom is -0.506 e. The summed E-state index contributed by atoms with van der Waals surface area (Å²) in [7, 11) is 0. The number of thiol groups is 1. The summed E-state index contributed by atoms with van der Waals surface area (Å²) in [5.74, 6) is 0.619. The molecule has 0 unspecified atom stereocenters. The predicted octanol–water partition coefficient (Wildman–Crippen LogP) is 5.19. The smallest absolute Gasteiger partial charge is 0.412 e. The number of nitrogens with one attached hydrogen (secondary N) is 1. The number of halogens is 2. The Bertz CT molecular complexity index is 973. The molecule has 1 atom stereocenters. The third kappa shape index (κ3) is 6.44. The third-order valence-corrected chi connectivity index (χ3v) is 5.60. The zero-order valence-electron chi connectivity index (χ0n) is 16.1. The Morgan fingerprint density at radius 3 is 2.74 bits per heavy atom. The Morgan fingerprint density at radius 1 is 1.19 bits per heavy atom. The number of carbonyl (C=O) groups is 2. The SMILES string of the molecule is O=C(CS)OCCC[C@@H](OC(=O)Nc1ccc2c(c1)OCO2)c1cc(Br)cc(Br)c1O. The van der Waals surface area contributed by atoms with E-state index in [2.05, 4.69) is 49.8 Å². The van der Waals surface area contributed by atoms with Gasteiger partial charge in [-0.05, 0) is 53.0 Å². The van der Waals surface area contributed by atoms with Gasteiger partial charge in [-0.15, -0.1) is 0 Å². The Morgan fingerprint density at radius 2 is 1.97 bits per heavy atom. The summed E-state index contributed by atoms with van der Waals surface area (Å²) in [4.78, 5) is 23.8. The lowest BCUT2D eigenvalue weighted by Gasteiger charge is -2.20. The number of amides is 1. The third-order valence-electron chi connectivity index (χ3n) is 4.28. The van der Waals surface area contributed by atoms with E-state index in [0.717, 1.165) is 0 Å². The van der Waals surface area contributed by atoms with Crippen molar-refractivity contribution in [1.29, 1.82) is 0 Å². The van der Waals surface area contributed by atoms with Crippen molar-refractivity contribution in [3.8, 4) is 17.2 Å². The van der Waals surface area contributed by atoms with Gasteiger partial charge in [0.2, 0.25) is 6.79 Å². The van der Waals surface area contributed by atoms with Crippen LogP contribution in [-0.2, 0) is 14.3 Å². The van der Waals surface area contributed by atoms with E-state index in [-0.39, 0.29) is 24.9 Å². The first-order valence-corrected chi connectivity index (χ1v) is 11.4. The fourth-order valence-corrected chi connectivity index (χ4v) is 4.21. The van der Waals surface area contributed by atoms with Gasteiger partial charge in [0.1, 0.15) is 11.9 Å². The molecule has 11 heteroatoms. The van der Waals surface area contributed by atoms with Gasteiger partial charge in [0.25, 0.3) is 0 Å². The molecule has 0 saturated heterocycles. The first-order chi connectivity index (χ1) is 14.9. The molecule has 0 fully saturated rings. The molecule has 31 heavy (non-hydrogen) atoms. The molecule has 0 saturated carbocycles. The van der Waals surface area contributed by atoms with Crippen LogP contribution >= 0.6 is 44.5 Å². The van der Waals surface area contributed by atoms with Gasteiger partial charge in [0.15, 0.2) is 11.5 Å². The van der Waals surface area contributed by atoms with Crippen LogP contribution < -0.4 is 14.8 Å². The fraction of sp³-hybridized carbons (Fsp3) is 0.300. The molecule has 0 radical (unpaired) electrons. The van der Waals surface area contributed by atoms with Crippen molar-refractivity contribution in [3.63, 3.8) is 0 Å².